The summed E-state index contributed by atoms with van der Waals surface area (Å²) in [6.07, 6.45) is 4.60. The number of nitrogens with one attached hydrogen (secondary N) is 4. The van der Waals surface area contributed by atoms with Gasteiger partial charge in [-0.15, -0.1) is 0 Å². The highest BCUT2D eigenvalue weighted by molar-refractivity contribution is 6.31. The van der Waals surface area contributed by atoms with Gasteiger partial charge in [0, 0.05) is 78.6 Å². The number of ether oxygens (including phenoxy) is 2. The van der Waals surface area contributed by atoms with Crippen molar-refractivity contribution in [3.05, 3.63) is 107 Å². The summed E-state index contributed by atoms with van der Waals surface area (Å²) in [4.78, 5) is 63.4. The fourth-order valence-corrected chi connectivity index (χ4v) is 9.55. The van der Waals surface area contributed by atoms with Crippen molar-refractivity contribution in [3.63, 3.8) is 0 Å². The van der Waals surface area contributed by atoms with Crippen LogP contribution < -0.4 is 26.0 Å². The van der Waals surface area contributed by atoms with E-state index >= 15 is 0 Å². The number of carbonyl (C=O) groups excluding carboxylic acids is 4. The lowest BCUT2D eigenvalue weighted by Crippen LogP contribution is -2.74. The van der Waals surface area contributed by atoms with E-state index in [2.05, 4.69) is 65.0 Å². The number of halogens is 1. The summed E-state index contributed by atoms with van der Waals surface area (Å²) in [6, 6.07) is 21.9. The molecule has 4 amide bonds. The third-order valence-corrected chi connectivity index (χ3v) is 13.0. The van der Waals surface area contributed by atoms with Gasteiger partial charge in [0.05, 0.1) is 22.4 Å². The van der Waals surface area contributed by atoms with Crippen LogP contribution in [0.25, 0.3) is 11.3 Å². The molecule has 2 heterocycles. The van der Waals surface area contributed by atoms with Crippen molar-refractivity contribution < 1.29 is 33.8 Å². The Bertz CT molecular complexity index is 2390. The molecule has 1 aliphatic carbocycles. The zero-order valence-corrected chi connectivity index (χ0v) is 40.2. The average Bonchev–Trinajstić information content (AvgIpc) is 3.70. The number of rotatable bonds is 19. The van der Waals surface area contributed by atoms with Gasteiger partial charge in [0.25, 0.3) is 5.91 Å². The van der Waals surface area contributed by atoms with Gasteiger partial charge in [0.1, 0.15) is 42.9 Å². The highest BCUT2D eigenvalue weighted by Crippen LogP contribution is 2.55. The van der Waals surface area contributed by atoms with Crippen molar-refractivity contribution in [3.8, 4) is 23.1 Å². The van der Waals surface area contributed by atoms with Crippen molar-refractivity contribution in [2.24, 2.45) is 16.2 Å². The van der Waals surface area contributed by atoms with E-state index in [9.17, 15) is 29.5 Å². The summed E-state index contributed by atoms with van der Waals surface area (Å²) in [7, 11) is 0. The summed E-state index contributed by atoms with van der Waals surface area (Å²) in [5.41, 5.74) is 2.94. The Labute approximate surface area is 398 Å². The minimum Gasteiger partial charge on any atom is -0.489 e. The molecule has 0 bridgehead atoms. The maximum Gasteiger partial charge on any atom is 0.251 e. The smallest absolute Gasteiger partial charge is 0.251 e. The summed E-state index contributed by atoms with van der Waals surface area (Å²) in [5.74, 6) is -0.848. The zero-order valence-electron chi connectivity index (χ0n) is 39.4. The Morgan fingerprint density at radius 2 is 1.69 bits per heavy atom. The lowest BCUT2D eigenvalue weighted by atomic mass is 9.49. The lowest BCUT2D eigenvalue weighted by molar-refractivity contribution is -0.164. The molecule has 2 fully saturated rings. The maximum absolute atomic E-state index is 14.0. The molecule has 6 rings (SSSR count). The number of nitriles is 1. The van der Waals surface area contributed by atoms with Crippen molar-refractivity contribution in [2.45, 2.75) is 111 Å². The molecule has 1 aromatic heterocycles. The predicted octanol–water partition coefficient (Wildman–Crippen LogP) is 6.69. The van der Waals surface area contributed by atoms with Crippen LogP contribution in [-0.2, 0) is 25.7 Å². The molecule has 0 unspecified atom stereocenters. The number of anilines is 1. The number of nitrogens with zero attached hydrogens (tertiary/aromatic N) is 4. The normalized spacial score (nSPS) is 19.9. The Hall–Kier alpha value is -6.08. The maximum atomic E-state index is 14.0. The Balaban J connectivity index is 0.877. The quantitative estimate of drug-likeness (QED) is 0.0626. The first-order valence-electron chi connectivity index (χ1n) is 22.8. The molecule has 3 atom stereocenters. The van der Waals surface area contributed by atoms with Crippen molar-refractivity contribution in [1.29, 1.82) is 5.26 Å². The Morgan fingerprint density at radius 1 is 0.970 bits per heavy atom. The summed E-state index contributed by atoms with van der Waals surface area (Å²) >= 11 is 6.24. The van der Waals surface area contributed by atoms with Gasteiger partial charge in [-0.05, 0) is 72.7 Å². The molecule has 5 N–H and O–H groups in total. The van der Waals surface area contributed by atoms with E-state index in [1.807, 2.05) is 63.2 Å². The van der Waals surface area contributed by atoms with Gasteiger partial charge in [-0.1, -0.05) is 84.3 Å². The van der Waals surface area contributed by atoms with Gasteiger partial charge in [-0.3, -0.25) is 19.2 Å². The Kier molecular flexibility index (Phi) is 16.3. The van der Waals surface area contributed by atoms with Crippen LogP contribution in [0.15, 0.2) is 85.3 Å². The fraction of sp³-hybridized carbons (Fsp3) is 0.471. The number of amides is 4. The second-order valence-corrected chi connectivity index (χ2v) is 20.1. The second kappa shape index (κ2) is 21.7. The van der Waals surface area contributed by atoms with Gasteiger partial charge >= 0.3 is 0 Å². The highest BCUT2D eigenvalue weighted by atomic mass is 35.5. The van der Waals surface area contributed by atoms with Crippen LogP contribution >= 0.6 is 11.6 Å². The molecule has 16 heteroatoms. The number of likely N-dealkylation sites (tertiary alicyclic amines) is 1. The fourth-order valence-electron chi connectivity index (χ4n) is 9.34. The summed E-state index contributed by atoms with van der Waals surface area (Å²) in [6.45, 7) is 14.8. The molecule has 1 saturated carbocycles. The van der Waals surface area contributed by atoms with Gasteiger partial charge in [-0.2, -0.15) is 5.26 Å². The van der Waals surface area contributed by atoms with E-state index < -0.39 is 35.4 Å². The lowest BCUT2D eigenvalue weighted by Gasteiger charge is -2.63. The molecule has 15 nitrogen and oxygen atoms in total. The molecular weight excluding hydrogens is 872 g/mol. The number of benzene rings is 3. The van der Waals surface area contributed by atoms with Gasteiger partial charge in [-0.25, -0.2) is 9.97 Å². The number of β-amino-alcohol motifs (C(OH)–C–C–N with tert-alkyl or cyclic N) is 1. The molecular formula is C51H63ClN8O7. The largest absolute Gasteiger partial charge is 0.489 e. The van der Waals surface area contributed by atoms with Gasteiger partial charge in [0.2, 0.25) is 17.7 Å². The number of aliphatic hydroxyl groups is 1. The molecule has 4 aromatic rings. The van der Waals surface area contributed by atoms with E-state index in [1.165, 1.54) is 11.2 Å². The molecule has 3 aromatic carbocycles. The van der Waals surface area contributed by atoms with E-state index in [0.29, 0.717) is 35.1 Å². The molecule has 2 aliphatic rings. The number of unbranched alkanes of at least 4 members (excludes halogenated alkanes) is 2. The van der Waals surface area contributed by atoms with Crippen molar-refractivity contribution >= 4 is 40.9 Å². The third kappa shape index (κ3) is 12.5. The van der Waals surface area contributed by atoms with Crippen LogP contribution in [0.5, 0.6) is 5.75 Å². The summed E-state index contributed by atoms with van der Waals surface area (Å²) < 4.78 is 12.0. The standard InChI is InChI=1S/C51H63ClN8O7/c1-49(2,3)43(46(65)60-29-37(61)25-41(60)45(64)56-28-32-11-13-33(14-12-32)40-21-23-54-31-57-40)58-42(62)30-66-24-10-8-9-22-55-36-18-15-34(16-19-36)44(63)59-47-50(4,5)48(51(47,6)7)67-38-20-17-35(27-53)39(52)26-38/h11-21,23,26,31,37,41,43,47-48,55,61H,8-10,22,24-25,28-30H2,1-7H3,(H,56,64)(H,58,62)(H,59,63)/t37-,41+,43-,47?,48?/m1/s1. The highest BCUT2D eigenvalue weighted by Gasteiger charge is 2.64. The van der Waals surface area contributed by atoms with E-state index in [0.717, 1.165) is 41.8 Å². The van der Waals surface area contributed by atoms with E-state index in [-0.39, 0.29) is 60.9 Å². The number of aliphatic hydroxyl groups excluding tert-OH is 1. The van der Waals surface area contributed by atoms with Crippen molar-refractivity contribution in [1.82, 2.24) is 30.8 Å². The average molecular weight is 936 g/mol. The Morgan fingerprint density at radius 3 is 2.33 bits per heavy atom. The predicted molar refractivity (Wildman–Crippen MR) is 256 cm³/mol. The van der Waals surface area contributed by atoms with Gasteiger partial charge < -0.3 is 40.7 Å². The first-order chi connectivity index (χ1) is 31.8. The number of hydrogen-bond acceptors (Lipinski definition) is 11. The van der Waals surface area contributed by atoms with Crippen LogP contribution in [-0.4, -0.2) is 100 Å². The monoisotopic (exact) mass is 934 g/mol. The number of carbonyl (C=O) groups is 4. The van der Waals surface area contributed by atoms with Crippen LogP contribution in [0.3, 0.4) is 0 Å². The zero-order chi connectivity index (χ0) is 48.5. The minimum atomic E-state index is -0.953. The van der Waals surface area contributed by atoms with E-state index in [1.54, 1.807) is 36.5 Å². The number of hydrogen-bond donors (Lipinski definition) is 5. The second-order valence-electron chi connectivity index (χ2n) is 19.7. The molecule has 67 heavy (non-hydrogen) atoms. The third-order valence-electron chi connectivity index (χ3n) is 12.7. The van der Waals surface area contributed by atoms with Crippen LogP contribution in [0.2, 0.25) is 5.02 Å². The summed E-state index contributed by atoms with van der Waals surface area (Å²) in [5, 5.41) is 32.5. The van der Waals surface area contributed by atoms with Crippen LogP contribution in [0, 0.1) is 27.6 Å². The van der Waals surface area contributed by atoms with Crippen LogP contribution in [0.4, 0.5) is 5.69 Å². The van der Waals surface area contributed by atoms with Crippen molar-refractivity contribution in [2.75, 3.05) is 31.6 Å². The van der Waals surface area contributed by atoms with Gasteiger partial charge in [0.15, 0.2) is 0 Å². The number of aromatic nitrogens is 2. The molecule has 356 valence electrons. The minimum absolute atomic E-state index is 0.0171. The molecule has 0 radical (unpaired) electrons. The first kappa shape index (κ1) is 50.3. The van der Waals surface area contributed by atoms with Crippen LogP contribution in [0.1, 0.15) is 95.6 Å². The molecule has 0 spiro atoms. The topological polar surface area (TPSA) is 208 Å². The molecule has 1 aliphatic heterocycles. The SMILES string of the molecule is CC1(C)C(NC(=O)c2ccc(NCCCCCOCC(=O)N[C@H](C(=O)N3C[C@H](O)C[C@H]3C(=O)NCc3ccc(-c4ccncn4)cc3)C(C)(C)C)cc2)C(C)(C)C1Oc1ccc(C#N)c(Cl)c1. The molecule has 1 saturated heterocycles. The first-order valence-corrected chi connectivity index (χ1v) is 23.2. The van der Waals surface area contributed by atoms with E-state index in [4.69, 9.17) is 21.1 Å².